The van der Waals surface area contributed by atoms with Gasteiger partial charge in [-0.05, 0) is 43.6 Å². The summed E-state index contributed by atoms with van der Waals surface area (Å²) in [5.41, 5.74) is 0.182. The molecule has 3 nitrogen and oxygen atoms in total. The minimum absolute atomic E-state index is 0.0873. The molecule has 0 aromatic rings. The second-order valence-corrected chi connectivity index (χ2v) is 6.95. The molecule has 0 amide bonds. The van der Waals surface area contributed by atoms with Crippen LogP contribution in [0.5, 0.6) is 0 Å². The van der Waals surface area contributed by atoms with Gasteiger partial charge in [0.2, 0.25) is 0 Å². The zero-order valence-electron chi connectivity index (χ0n) is 10.4. The standard InChI is InChI=1S/C13H23NO2S/c15-12-1-5-14(10-12)11-2-6-16-13(9-11)3-7-17-8-4-13/h11-12,15H,1-10H2. The van der Waals surface area contributed by atoms with Gasteiger partial charge < -0.3 is 9.84 Å². The van der Waals surface area contributed by atoms with Crippen molar-refractivity contribution in [2.24, 2.45) is 0 Å². The highest BCUT2D eigenvalue weighted by Gasteiger charge is 2.41. The van der Waals surface area contributed by atoms with Crippen molar-refractivity contribution in [3.05, 3.63) is 0 Å². The molecule has 0 aromatic carbocycles. The van der Waals surface area contributed by atoms with Crippen LogP contribution in [0.1, 0.15) is 32.1 Å². The Morgan fingerprint density at radius 3 is 2.76 bits per heavy atom. The first-order valence-corrected chi connectivity index (χ1v) is 8.07. The number of rotatable bonds is 1. The van der Waals surface area contributed by atoms with Crippen molar-refractivity contribution < 1.29 is 9.84 Å². The van der Waals surface area contributed by atoms with Crippen LogP contribution in [-0.2, 0) is 4.74 Å². The summed E-state index contributed by atoms with van der Waals surface area (Å²) in [6, 6.07) is 0.656. The van der Waals surface area contributed by atoms with Crippen LogP contribution in [0, 0.1) is 0 Å². The average molecular weight is 257 g/mol. The Morgan fingerprint density at radius 2 is 2.06 bits per heavy atom. The summed E-state index contributed by atoms with van der Waals surface area (Å²) in [6.45, 7) is 2.88. The van der Waals surface area contributed by atoms with Gasteiger partial charge in [0.25, 0.3) is 0 Å². The van der Waals surface area contributed by atoms with Gasteiger partial charge in [-0.3, -0.25) is 4.90 Å². The van der Waals surface area contributed by atoms with E-state index in [1.165, 1.54) is 30.8 Å². The molecule has 2 atom stereocenters. The van der Waals surface area contributed by atoms with Crippen molar-refractivity contribution in [1.82, 2.24) is 4.90 Å². The molecule has 0 bridgehead atoms. The van der Waals surface area contributed by atoms with Gasteiger partial charge >= 0.3 is 0 Å². The second-order valence-electron chi connectivity index (χ2n) is 5.73. The van der Waals surface area contributed by atoms with Crippen molar-refractivity contribution >= 4 is 11.8 Å². The van der Waals surface area contributed by atoms with E-state index >= 15 is 0 Å². The maximum atomic E-state index is 9.66. The largest absolute Gasteiger partial charge is 0.392 e. The zero-order chi connectivity index (χ0) is 11.7. The molecular weight excluding hydrogens is 234 g/mol. The Morgan fingerprint density at radius 1 is 1.24 bits per heavy atom. The maximum Gasteiger partial charge on any atom is 0.0713 e. The Labute approximate surface area is 108 Å². The molecule has 3 aliphatic heterocycles. The van der Waals surface area contributed by atoms with Crippen molar-refractivity contribution in [3.63, 3.8) is 0 Å². The summed E-state index contributed by atoms with van der Waals surface area (Å²) in [7, 11) is 0. The van der Waals surface area contributed by atoms with Gasteiger partial charge in [-0.2, -0.15) is 11.8 Å². The maximum absolute atomic E-state index is 9.66. The van der Waals surface area contributed by atoms with Gasteiger partial charge in [-0.15, -0.1) is 0 Å². The van der Waals surface area contributed by atoms with E-state index in [1.807, 2.05) is 0 Å². The molecule has 3 heterocycles. The van der Waals surface area contributed by atoms with E-state index in [9.17, 15) is 5.11 Å². The molecule has 17 heavy (non-hydrogen) atoms. The molecule has 4 heteroatoms. The fraction of sp³-hybridized carbons (Fsp3) is 1.00. The third-order valence-corrected chi connectivity index (χ3v) is 5.57. The lowest BCUT2D eigenvalue weighted by molar-refractivity contribution is -0.108. The van der Waals surface area contributed by atoms with Gasteiger partial charge in [0.15, 0.2) is 0 Å². The quantitative estimate of drug-likeness (QED) is 0.771. The van der Waals surface area contributed by atoms with E-state index in [4.69, 9.17) is 4.74 Å². The Bertz CT molecular complexity index is 263. The lowest BCUT2D eigenvalue weighted by Gasteiger charge is -2.45. The molecule has 0 aliphatic carbocycles. The molecule has 3 fully saturated rings. The number of ether oxygens (including phenoxy) is 1. The van der Waals surface area contributed by atoms with Crippen molar-refractivity contribution in [2.45, 2.75) is 49.9 Å². The van der Waals surface area contributed by atoms with Crippen LogP contribution in [0.3, 0.4) is 0 Å². The first-order valence-electron chi connectivity index (χ1n) is 6.91. The van der Waals surface area contributed by atoms with Crippen LogP contribution in [-0.4, -0.2) is 59.0 Å². The smallest absolute Gasteiger partial charge is 0.0713 e. The van der Waals surface area contributed by atoms with Gasteiger partial charge in [-0.1, -0.05) is 0 Å². The predicted molar refractivity (Wildman–Crippen MR) is 70.5 cm³/mol. The predicted octanol–water partition coefficient (Wildman–Crippen LogP) is 1.50. The zero-order valence-corrected chi connectivity index (χ0v) is 11.3. The first-order chi connectivity index (χ1) is 8.27. The fourth-order valence-electron chi connectivity index (χ4n) is 3.51. The number of aliphatic hydroxyl groups excluding tert-OH is 1. The SMILES string of the molecule is OC1CCN(C2CCOC3(CCSCC3)C2)C1. The minimum Gasteiger partial charge on any atom is -0.392 e. The summed E-state index contributed by atoms with van der Waals surface area (Å²) >= 11 is 2.06. The van der Waals surface area contributed by atoms with E-state index in [-0.39, 0.29) is 11.7 Å². The summed E-state index contributed by atoms with van der Waals surface area (Å²) in [5.74, 6) is 2.52. The molecule has 3 saturated heterocycles. The van der Waals surface area contributed by atoms with Crippen molar-refractivity contribution in [3.8, 4) is 0 Å². The Hall–Kier alpha value is 0.230. The van der Waals surface area contributed by atoms with E-state index in [1.54, 1.807) is 0 Å². The van der Waals surface area contributed by atoms with Gasteiger partial charge in [-0.25, -0.2) is 0 Å². The topological polar surface area (TPSA) is 32.7 Å². The molecule has 1 spiro atoms. The summed E-state index contributed by atoms with van der Waals surface area (Å²) in [6.07, 6.45) is 5.67. The average Bonchev–Trinajstić information content (AvgIpc) is 2.77. The van der Waals surface area contributed by atoms with Gasteiger partial charge in [0.1, 0.15) is 0 Å². The second kappa shape index (κ2) is 5.08. The number of thioether (sulfide) groups is 1. The molecule has 0 saturated carbocycles. The van der Waals surface area contributed by atoms with Crippen LogP contribution in [0.2, 0.25) is 0 Å². The molecule has 3 rings (SSSR count). The molecule has 2 unspecified atom stereocenters. The highest BCUT2D eigenvalue weighted by molar-refractivity contribution is 7.99. The summed E-state index contributed by atoms with van der Waals surface area (Å²) in [5, 5.41) is 9.66. The van der Waals surface area contributed by atoms with E-state index in [0.717, 1.165) is 32.5 Å². The number of β-amino-alcohol motifs (C(OH)–C–C–N with tert-alkyl or cyclic N) is 1. The van der Waals surface area contributed by atoms with Crippen LogP contribution >= 0.6 is 11.8 Å². The van der Waals surface area contributed by atoms with E-state index in [0.29, 0.717) is 6.04 Å². The Balaban J connectivity index is 1.62. The lowest BCUT2D eigenvalue weighted by atomic mass is 9.85. The van der Waals surface area contributed by atoms with E-state index in [2.05, 4.69) is 16.7 Å². The van der Waals surface area contributed by atoms with Crippen molar-refractivity contribution in [1.29, 1.82) is 0 Å². The van der Waals surface area contributed by atoms with Crippen LogP contribution in [0.4, 0.5) is 0 Å². The number of aliphatic hydroxyl groups is 1. The molecule has 0 radical (unpaired) electrons. The fourth-order valence-corrected chi connectivity index (χ4v) is 4.74. The third kappa shape index (κ3) is 2.65. The van der Waals surface area contributed by atoms with E-state index < -0.39 is 0 Å². The third-order valence-electron chi connectivity index (χ3n) is 4.58. The lowest BCUT2D eigenvalue weighted by Crippen LogP contribution is -2.49. The van der Waals surface area contributed by atoms with Crippen molar-refractivity contribution in [2.75, 3.05) is 31.2 Å². The number of hydrogen-bond acceptors (Lipinski definition) is 4. The molecular formula is C13H23NO2S. The van der Waals surface area contributed by atoms with Gasteiger partial charge in [0, 0.05) is 25.7 Å². The number of hydrogen-bond donors (Lipinski definition) is 1. The van der Waals surface area contributed by atoms with Crippen LogP contribution < -0.4 is 0 Å². The highest BCUT2D eigenvalue weighted by Crippen LogP contribution is 2.39. The normalized spacial score (nSPS) is 38.6. The Kier molecular flexibility index (Phi) is 3.67. The molecule has 98 valence electrons. The highest BCUT2D eigenvalue weighted by atomic mass is 32.2. The van der Waals surface area contributed by atoms with Crippen LogP contribution in [0.25, 0.3) is 0 Å². The summed E-state index contributed by atoms with van der Waals surface area (Å²) < 4.78 is 6.12. The number of nitrogens with zero attached hydrogens (tertiary/aromatic N) is 1. The minimum atomic E-state index is -0.0873. The molecule has 1 N–H and O–H groups in total. The monoisotopic (exact) mass is 257 g/mol. The van der Waals surface area contributed by atoms with Crippen LogP contribution in [0.15, 0.2) is 0 Å². The molecule has 3 aliphatic rings. The first kappa shape index (κ1) is 12.3. The number of likely N-dealkylation sites (tertiary alicyclic amines) is 1. The van der Waals surface area contributed by atoms with Gasteiger partial charge in [0.05, 0.1) is 11.7 Å². The summed E-state index contributed by atoms with van der Waals surface area (Å²) in [4.78, 5) is 2.50. The molecule has 0 aromatic heterocycles.